The van der Waals surface area contributed by atoms with Crippen molar-refractivity contribution in [2.75, 3.05) is 6.54 Å². The van der Waals surface area contributed by atoms with Gasteiger partial charge < -0.3 is 5.32 Å². The summed E-state index contributed by atoms with van der Waals surface area (Å²) in [6.07, 6.45) is 1.76. The van der Waals surface area contributed by atoms with E-state index in [0.717, 1.165) is 18.4 Å². The number of nitrogens with one attached hydrogen (secondary N) is 1. The second-order valence-electron chi connectivity index (χ2n) is 6.38. The molecule has 0 aromatic heterocycles. The summed E-state index contributed by atoms with van der Waals surface area (Å²) in [6, 6.07) is 17.5. The third-order valence-electron chi connectivity index (χ3n) is 4.46. The van der Waals surface area contributed by atoms with Gasteiger partial charge in [0.2, 0.25) is 5.91 Å². The highest BCUT2D eigenvalue weighted by atomic mass is 16.2. The van der Waals surface area contributed by atoms with Crippen LogP contribution in [0.1, 0.15) is 34.8 Å². The Kier molecular flexibility index (Phi) is 4.98. The number of fused-ring (bicyclic) bond motifs is 1. The summed E-state index contributed by atoms with van der Waals surface area (Å²) in [7, 11) is 0. The van der Waals surface area contributed by atoms with Gasteiger partial charge in [-0.2, -0.15) is 0 Å². The SMILES string of the molecule is C=C1c2ccccc2C(=O)N1CC(=O)NC(C)CCc1ccccc1. The highest BCUT2D eigenvalue weighted by Crippen LogP contribution is 2.30. The van der Waals surface area contributed by atoms with Crippen LogP contribution >= 0.6 is 0 Å². The van der Waals surface area contributed by atoms with Crippen molar-refractivity contribution in [3.8, 4) is 0 Å². The molecule has 0 saturated carbocycles. The fourth-order valence-electron chi connectivity index (χ4n) is 3.07. The summed E-state index contributed by atoms with van der Waals surface area (Å²) in [5.74, 6) is -0.324. The van der Waals surface area contributed by atoms with Crippen LogP contribution in [-0.4, -0.2) is 29.3 Å². The minimum atomic E-state index is -0.164. The predicted molar refractivity (Wildman–Crippen MR) is 98.9 cm³/mol. The number of hydrogen-bond acceptors (Lipinski definition) is 2. The van der Waals surface area contributed by atoms with Crippen LogP contribution in [0.15, 0.2) is 61.2 Å². The molecule has 1 unspecified atom stereocenters. The van der Waals surface area contributed by atoms with Crippen LogP contribution in [0.4, 0.5) is 0 Å². The van der Waals surface area contributed by atoms with Crippen molar-refractivity contribution >= 4 is 17.5 Å². The predicted octanol–water partition coefficient (Wildman–Crippen LogP) is 3.25. The van der Waals surface area contributed by atoms with E-state index in [9.17, 15) is 9.59 Å². The van der Waals surface area contributed by atoms with Crippen LogP contribution in [0.2, 0.25) is 0 Å². The number of carbonyl (C=O) groups is 2. The van der Waals surface area contributed by atoms with Crippen molar-refractivity contribution in [2.45, 2.75) is 25.8 Å². The summed E-state index contributed by atoms with van der Waals surface area (Å²) < 4.78 is 0. The molecule has 3 rings (SSSR count). The highest BCUT2D eigenvalue weighted by molar-refractivity contribution is 6.10. The molecule has 4 nitrogen and oxygen atoms in total. The molecule has 1 N–H and O–H groups in total. The van der Waals surface area contributed by atoms with E-state index >= 15 is 0 Å². The molecule has 1 aliphatic rings. The van der Waals surface area contributed by atoms with E-state index in [1.54, 1.807) is 6.07 Å². The van der Waals surface area contributed by atoms with Gasteiger partial charge in [-0.1, -0.05) is 55.1 Å². The van der Waals surface area contributed by atoms with Gasteiger partial charge in [-0.25, -0.2) is 0 Å². The Bertz CT molecular complexity index is 764. The van der Waals surface area contributed by atoms with E-state index in [-0.39, 0.29) is 24.4 Å². The first-order chi connectivity index (χ1) is 12.1. The van der Waals surface area contributed by atoms with E-state index in [4.69, 9.17) is 0 Å². The molecular formula is C21H22N2O2. The minimum absolute atomic E-state index is 0.00201. The molecule has 2 amide bonds. The fourth-order valence-corrected chi connectivity index (χ4v) is 3.07. The molecule has 0 fully saturated rings. The van der Waals surface area contributed by atoms with Gasteiger partial charge in [0, 0.05) is 22.9 Å². The number of amides is 2. The first-order valence-corrected chi connectivity index (χ1v) is 8.49. The molecular weight excluding hydrogens is 312 g/mol. The van der Waals surface area contributed by atoms with Crippen LogP contribution in [0.5, 0.6) is 0 Å². The van der Waals surface area contributed by atoms with Crippen LogP contribution in [0.25, 0.3) is 5.70 Å². The zero-order chi connectivity index (χ0) is 17.8. The van der Waals surface area contributed by atoms with Gasteiger partial charge in [0.25, 0.3) is 5.91 Å². The first-order valence-electron chi connectivity index (χ1n) is 8.49. The Balaban J connectivity index is 1.53. The smallest absolute Gasteiger partial charge is 0.259 e. The molecule has 2 aromatic carbocycles. The zero-order valence-corrected chi connectivity index (χ0v) is 14.4. The topological polar surface area (TPSA) is 49.4 Å². The van der Waals surface area contributed by atoms with Crippen molar-refractivity contribution in [3.63, 3.8) is 0 Å². The van der Waals surface area contributed by atoms with E-state index in [2.05, 4.69) is 24.0 Å². The second-order valence-corrected chi connectivity index (χ2v) is 6.38. The van der Waals surface area contributed by atoms with Crippen molar-refractivity contribution in [1.82, 2.24) is 10.2 Å². The van der Waals surface area contributed by atoms with E-state index < -0.39 is 0 Å². The van der Waals surface area contributed by atoms with Gasteiger partial charge >= 0.3 is 0 Å². The Morgan fingerprint density at radius 3 is 2.40 bits per heavy atom. The van der Waals surface area contributed by atoms with Gasteiger partial charge in [0.1, 0.15) is 6.54 Å². The van der Waals surface area contributed by atoms with E-state index in [1.165, 1.54) is 10.5 Å². The van der Waals surface area contributed by atoms with E-state index in [0.29, 0.717) is 11.3 Å². The average Bonchev–Trinajstić information content (AvgIpc) is 2.86. The number of hydrogen-bond donors (Lipinski definition) is 1. The van der Waals surface area contributed by atoms with Crippen LogP contribution in [0, 0.1) is 0 Å². The third-order valence-corrected chi connectivity index (χ3v) is 4.46. The zero-order valence-electron chi connectivity index (χ0n) is 14.4. The lowest BCUT2D eigenvalue weighted by atomic mass is 10.1. The molecule has 0 spiro atoms. The number of rotatable bonds is 6. The molecule has 0 aliphatic carbocycles. The van der Waals surface area contributed by atoms with Crippen molar-refractivity contribution in [1.29, 1.82) is 0 Å². The standard InChI is InChI=1S/C21H22N2O2/c1-15(12-13-17-8-4-3-5-9-17)22-20(24)14-23-16(2)18-10-6-7-11-19(18)21(23)25/h3-11,15H,2,12-14H2,1H3,(H,22,24). The normalized spacial score (nSPS) is 14.4. The quantitative estimate of drug-likeness (QED) is 0.881. The molecule has 4 heteroatoms. The number of aryl methyl sites for hydroxylation is 1. The third kappa shape index (κ3) is 3.79. The van der Waals surface area contributed by atoms with Crippen molar-refractivity contribution in [3.05, 3.63) is 77.9 Å². The molecule has 1 aliphatic heterocycles. The van der Waals surface area contributed by atoms with Crippen LogP contribution < -0.4 is 5.32 Å². The average molecular weight is 334 g/mol. The molecule has 1 atom stereocenters. The maximum Gasteiger partial charge on any atom is 0.259 e. The summed E-state index contributed by atoms with van der Waals surface area (Å²) in [5.41, 5.74) is 3.25. The fraction of sp³-hybridized carbons (Fsp3) is 0.238. The molecule has 0 radical (unpaired) electrons. The summed E-state index contributed by atoms with van der Waals surface area (Å²) in [6.45, 7) is 5.95. The van der Waals surface area contributed by atoms with Gasteiger partial charge in [-0.05, 0) is 31.4 Å². The van der Waals surface area contributed by atoms with Gasteiger partial charge in [-0.15, -0.1) is 0 Å². The molecule has 2 aromatic rings. The highest BCUT2D eigenvalue weighted by Gasteiger charge is 2.31. The lowest BCUT2D eigenvalue weighted by molar-refractivity contribution is -0.121. The first kappa shape index (κ1) is 17.0. The number of carbonyl (C=O) groups excluding carboxylic acids is 2. The Labute approximate surface area is 148 Å². The van der Waals surface area contributed by atoms with E-state index in [1.807, 2.05) is 43.3 Å². The number of nitrogens with zero attached hydrogens (tertiary/aromatic N) is 1. The summed E-state index contributed by atoms with van der Waals surface area (Å²) in [5, 5.41) is 2.97. The maximum atomic E-state index is 12.4. The molecule has 0 bridgehead atoms. The Morgan fingerprint density at radius 1 is 1.08 bits per heavy atom. The maximum absolute atomic E-state index is 12.4. The Morgan fingerprint density at radius 2 is 1.72 bits per heavy atom. The molecule has 0 saturated heterocycles. The lowest BCUT2D eigenvalue weighted by Gasteiger charge is -2.19. The lowest BCUT2D eigenvalue weighted by Crippen LogP contribution is -2.41. The number of benzene rings is 2. The molecule has 1 heterocycles. The monoisotopic (exact) mass is 334 g/mol. The minimum Gasteiger partial charge on any atom is -0.352 e. The van der Waals surface area contributed by atoms with Gasteiger partial charge in [0.05, 0.1) is 0 Å². The summed E-state index contributed by atoms with van der Waals surface area (Å²) in [4.78, 5) is 26.2. The Hall–Kier alpha value is -2.88. The molecule has 25 heavy (non-hydrogen) atoms. The van der Waals surface area contributed by atoms with Crippen LogP contribution in [0.3, 0.4) is 0 Å². The largest absolute Gasteiger partial charge is 0.352 e. The van der Waals surface area contributed by atoms with Gasteiger partial charge in [-0.3, -0.25) is 14.5 Å². The summed E-state index contributed by atoms with van der Waals surface area (Å²) >= 11 is 0. The van der Waals surface area contributed by atoms with Crippen LogP contribution in [-0.2, 0) is 11.2 Å². The van der Waals surface area contributed by atoms with Crippen molar-refractivity contribution in [2.24, 2.45) is 0 Å². The van der Waals surface area contributed by atoms with Crippen molar-refractivity contribution < 1.29 is 9.59 Å². The van der Waals surface area contributed by atoms with Gasteiger partial charge in [0.15, 0.2) is 0 Å². The second kappa shape index (κ2) is 7.34. The molecule has 128 valence electrons.